The normalized spacial score (nSPS) is 18.0. The molecule has 1 aliphatic rings. The van der Waals surface area contributed by atoms with Gasteiger partial charge < -0.3 is 15.4 Å². The van der Waals surface area contributed by atoms with E-state index in [0.29, 0.717) is 36.9 Å². The number of ether oxygens (including phenoxy) is 1. The molecule has 1 aliphatic heterocycles. The number of aryl methyl sites for hydroxylation is 1. The number of hydrogen-bond acceptors (Lipinski definition) is 3. The van der Waals surface area contributed by atoms with Crippen molar-refractivity contribution >= 4 is 33.3 Å². The van der Waals surface area contributed by atoms with Gasteiger partial charge >= 0.3 is 6.18 Å². The summed E-state index contributed by atoms with van der Waals surface area (Å²) < 4.78 is 45.2. The number of halogens is 4. The van der Waals surface area contributed by atoms with Gasteiger partial charge in [0.2, 0.25) is 0 Å². The number of aromatic nitrogens is 2. The summed E-state index contributed by atoms with van der Waals surface area (Å²) in [7, 11) is 0. The highest BCUT2D eigenvalue weighted by molar-refractivity contribution is 9.10. The summed E-state index contributed by atoms with van der Waals surface area (Å²) >= 11 is 8.12. The Morgan fingerprint density at radius 1 is 1.46 bits per heavy atom. The van der Waals surface area contributed by atoms with Crippen LogP contribution >= 0.6 is 28.1 Å². The molecule has 0 aliphatic carbocycles. The monoisotopic (exact) mass is 428 g/mol. The van der Waals surface area contributed by atoms with Gasteiger partial charge in [-0.2, -0.15) is 18.3 Å². The van der Waals surface area contributed by atoms with Crippen LogP contribution in [-0.4, -0.2) is 40.7 Å². The topological polar surface area (TPSA) is 51.1 Å². The molecule has 1 fully saturated rings. The molecule has 2 N–H and O–H groups in total. The molecule has 0 saturated carbocycles. The Kier molecular flexibility index (Phi) is 6.88. The SMILES string of the molecule is Cc1c(Br)c(C(F)(F)F)nn1CCCNC(=S)NCC1CCCO1. The third kappa shape index (κ3) is 5.32. The number of rotatable bonds is 6. The van der Waals surface area contributed by atoms with E-state index in [0.717, 1.165) is 19.4 Å². The summed E-state index contributed by atoms with van der Waals surface area (Å²) in [5.41, 5.74) is -0.428. The van der Waals surface area contributed by atoms with E-state index in [-0.39, 0.29) is 10.6 Å². The number of thiocarbonyl (C=S) groups is 1. The van der Waals surface area contributed by atoms with Gasteiger partial charge in [0, 0.05) is 26.2 Å². The van der Waals surface area contributed by atoms with Crippen LogP contribution in [0, 0.1) is 6.92 Å². The molecule has 136 valence electrons. The van der Waals surface area contributed by atoms with Crippen molar-refractivity contribution in [1.29, 1.82) is 0 Å². The molecule has 0 radical (unpaired) electrons. The molecule has 1 aromatic heterocycles. The minimum absolute atomic E-state index is 0.00305. The lowest BCUT2D eigenvalue weighted by Crippen LogP contribution is -2.39. The smallest absolute Gasteiger partial charge is 0.376 e. The van der Waals surface area contributed by atoms with E-state index in [1.54, 1.807) is 6.92 Å². The first kappa shape index (κ1) is 19.5. The lowest BCUT2D eigenvalue weighted by molar-refractivity contribution is -0.142. The third-order valence-electron chi connectivity index (χ3n) is 3.75. The van der Waals surface area contributed by atoms with Gasteiger partial charge in [0.05, 0.1) is 16.3 Å². The van der Waals surface area contributed by atoms with E-state index in [1.807, 2.05) is 0 Å². The van der Waals surface area contributed by atoms with Gasteiger partial charge in [-0.3, -0.25) is 4.68 Å². The van der Waals surface area contributed by atoms with Crippen LogP contribution in [0.5, 0.6) is 0 Å². The van der Waals surface area contributed by atoms with Crippen molar-refractivity contribution in [2.75, 3.05) is 19.7 Å². The van der Waals surface area contributed by atoms with Gasteiger partial charge in [0.25, 0.3) is 0 Å². The van der Waals surface area contributed by atoms with Crippen molar-refractivity contribution < 1.29 is 17.9 Å². The zero-order valence-electron chi connectivity index (χ0n) is 13.2. The zero-order valence-corrected chi connectivity index (χ0v) is 15.7. The molecule has 1 unspecified atom stereocenters. The van der Waals surface area contributed by atoms with Crippen molar-refractivity contribution in [1.82, 2.24) is 20.4 Å². The molecule has 2 rings (SSSR count). The van der Waals surface area contributed by atoms with Gasteiger partial charge in [-0.05, 0) is 54.3 Å². The Morgan fingerprint density at radius 2 is 2.21 bits per heavy atom. The van der Waals surface area contributed by atoms with E-state index in [1.165, 1.54) is 4.68 Å². The number of nitrogens with zero attached hydrogens (tertiary/aromatic N) is 2. The van der Waals surface area contributed by atoms with E-state index in [9.17, 15) is 13.2 Å². The summed E-state index contributed by atoms with van der Waals surface area (Å²) in [6.07, 6.45) is -1.54. The van der Waals surface area contributed by atoms with Crippen LogP contribution in [0.2, 0.25) is 0 Å². The molecule has 0 aromatic carbocycles. The molecule has 5 nitrogen and oxygen atoms in total. The van der Waals surface area contributed by atoms with E-state index in [2.05, 4.69) is 31.7 Å². The Bertz CT molecular complexity index is 573. The number of nitrogens with one attached hydrogen (secondary N) is 2. The summed E-state index contributed by atoms with van der Waals surface area (Å²) in [4.78, 5) is 0. The first-order chi connectivity index (χ1) is 11.3. The quantitative estimate of drug-likeness (QED) is 0.538. The van der Waals surface area contributed by atoms with Crippen LogP contribution < -0.4 is 10.6 Å². The predicted molar refractivity (Wildman–Crippen MR) is 91.9 cm³/mol. The summed E-state index contributed by atoms with van der Waals surface area (Å²) in [6.45, 7) is 4.00. The lowest BCUT2D eigenvalue weighted by Gasteiger charge is -2.14. The van der Waals surface area contributed by atoms with Gasteiger partial charge in [-0.25, -0.2) is 0 Å². The maximum Gasteiger partial charge on any atom is 0.436 e. The minimum atomic E-state index is -4.46. The molecule has 2 heterocycles. The largest absolute Gasteiger partial charge is 0.436 e. The highest BCUT2D eigenvalue weighted by Crippen LogP contribution is 2.35. The van der Waals surface area contributed by atoms with Crippen molar-refractivity contribution in [2.24, 2.45) is 0 Å². The second kappa shape index (κ2) is 8.48. The highest BCUT2D eigenvalue weighted by Gasteiger charge is 2.37. The molecule has 1 atom stereocenters. The summed E-state index contributed by atoms with van der Waals surface area (Å²) in [6, 6.07) is 0. The maximum atomic E-state index is 12.8. The first-order valence-corrected chi connectivity index (χ1v) is 8.92. The molecule has 0 spiro atoms. The average molecular weight is 429 g/mol. The van der Waals surface area contributed by atoms with Crippen LogP contribution in [-0.2, 0) is 17.5 Å². The van der Waals surface area contributed by atoms with Crippen LogP contribution in [0.3, 0.4) is 0 Å². The van der Waals surface area contributed by atoms with Crippen LogP contribution in [0.15, 0.2) is 4.47 Å². The summed E-state index contributed by atoms with van der Waals surface area (Å²) in [5, 5.41) is 10.3. The molecular formula is C14H20BrF3N4OS. The van der Waals surface area contributed by atoms with Crippen LogP contribution in [0.4, 0.5) is 13.2 Å². The Balaban J connectivity index is 1.71. The Morgan fingerprint density at radius 3 is 2.79 bits per heavy atom. The van der Waals surface area contributed by atoms with Crippen molar-refractivity contribution in [3.8, 4) is 0 Å². The third-order valence-corrected chi connectivity index (χ3v) is 4.99. The van der Waals surface area contributed by atoms with Crippen molar-refractivity contribution in [3.05, 3.63) is 15.9 Å². The second-order valence-electron chi connectivity index (χ2n) is 5.59. The lowest BCUT2D eigenvalue weighted by atomic mass is 10.2. The minimum Gasteiger partial charge on any atom is -0.376 e. The van der Waals surface area contributed by atoms with E-state index < -0.39 is 11.9 Å². The van der Waals surface area contributed by atoms with Gasteiger partial charge in [0.15, 0.2) is 10.8 Å². The molecule has 10 heteroatoms. The van der Waals surface area contributed by atoms with Gasteiger partial charge in [0.1, 0.15) is 0 Å². The summed E-state index contributed by atoms with van der Waals surface area (Å²) in [5.74, 6) is 0. The second-order valence-corrected chi connectivity index (χ2v) is 6.80. The van der Waals surface area contributed by atoms with E-state index >= 15 is 0 Å². The maximum absolute atomic E-state index is 12.8. The Labute approximate surface area is 152 Å². The molecule has 1 saturated heterocycles. The highest BCUT2D eigenvalue weighted by atomic mass is 79.9. The molecule has 0 amide bonds. The number of hydrogen-bond donors (Lipinski definition) is 2. The molecule has 0 bridgehead atoms. The fourth-order valence-corrected chi connectivity index (χ4v) is 3.12. The van der Waals surface area contributed by atoms with Crippen LogP contribution in [0.25, 0.3) is 0 Å². The predicted octanol–water partition coefficient (Wildman–Crippen LogP) is 3.01. The number of alkyl halides is 3. The Hall–Kier alpha value is -0.870. The van der Waals surface area contributed by atoms with Crippen molar-refractivity contribution in [3.63, 3.8) is 0 Å². The fraction of sp³-hybridized carbons (Fsp3) is 0.714. The molecular weight excluding hydrogens is 409 g/mol. The van der Waals surface area contributed by atoms with Crippen LogP contribution in [0.1, 0.15) is 30.7 Å². The average Bonchev–Trinajstić information content (AvgIpc) is 3.12. The zero-order chi connectivity index (χ0) is 17.7. The molecule has 1 aromatic rings. The fourth-order valence-electron chi connectivity index (χ4n) is 2.43. The standard InChI is InChI=1S/C14H20BrF3N4OS/c1-9-11(15)12(14(16,17)18)21-22(9)6-3-5-19-13(24)20-8-10-4-2-7-23-10/h10H,2-8H2,1H3,(H2,19,20,24). The molecule has 24 heavy (non-hydrogen) atoms. The van der Waals surface area contributed by atoms with Gasteiger partial charge in [-0.1, -0.05) is 0 Å². The van der Waals surface area contributed by atoms with Gasteiger partial charge in [-0.15, -0.1) is 0 Å². The van der Waals surface area contributed by atoms with Crippen molar-refractivity contribution in [2.45, 2.75) is 45.0 Å². The van der Waals surface area contributed by atoms with E-state index in [4.69, 9.17) is 17.0 Å². The first-order valence-electron chi connectivity index (χ1n) is 7.72.